The monoisotopic (exact) mass is 456 g/mol. The van der Waals surface area contributed by atoms with Crippen molar-refractivity contribution in [1.82, 2.24) is 9.55 Å². The van der Waals surface area contributed by atoms with Gasteiger partial charge < -0.3 is 15.0 Å². The number of rotatable bonds is 8. The van der Waals surface area contributed by atoms with Gasteiger partial charge in [0, 0.05) is 23.9 Å². The van der Waals surface area contributed by atoms with E-state index in [2.05, 4.69) is 10.3 Å². The Bertz CT molecular complexity index is 1390. The number of carbonyl (C=O) groups is 2. The first-order chi connectivity index (χ1) is 16.4. The molecule has 0 aliphatic carbocycles. The Kier molecular flexibility index (Phi) is 6.45. The van der Waals surface area contributed by atoms with E-state index in [0.717, 1.165) is 5.56 Å². The number of hydrogen-bond acceptors (Lipinski definition) is 5. The minimum absolute atomic E-state index is 0.0596. The van der Waals surface area contributed by atoms with E-state index in [-0.39, 0.29) is 12.1 Å². The van der Waals surface area contributed by atoms with Crippen molar-refractivity contribution in [2.45, 2.75) is 12.5 Å². The number of fused-ring (bicyclic) bond motifs is 1. The summed E-state index contributed by atoms with van der Waals surface area (Å²) in [7, 11) is 0. The lowest BCUT2D eigenvalue weighted by Gasteiger charge is -2.18. The Balaban J connectivity index is 1.58. The third-order valence-corrected chi connectivity index (χ3v) is 5.24. The van der Waals surface area contributed by atoms with Crippen LogP contribution in [0, 0.1) is 10.1 Å². The number of hydrogen-bond donors (Lipinski definition) is 2. The predicted molar refractivity (Wildman–Crippen MR) is 127 cm³/mol. The molecule has 1 heterocycles. The lowest BCUT2D eigenvalue weighted by atomic mass is 10.0. The van der Waals surface area contributed by atoms with E-state index in [4.69, 9.17) is 0 Å². The second kappa shape index (κ2) is 9.78. The third kappa shape index (κ3) is 5.16. The molecule has 2 N–H and O–H groups in total. The van der Waals surface area contributed by atoms with Crippen molar-refractivity contribution in [3.05, 3.63) is 106 Å². The second-order valence-corrected chi connectivity index (χ2v) is 7.55. The number of aromatic nitrogens is 2. The molecule has 1 aromatic heterocycles. The molecule has 1 unspecified atom stereocenters. The van der Waals surface area contributed by atoms with E-state index < -0.39 is 22.8 Å². The number of carboxylic acids is 1. The first kappa shape index (κ1) is 22.4. The summed E-state index contributed by atoms with van der Waals surface area (Å²) in [5, 5.41) is 23.1. The van der Waals surface area contributed by atoms with E-state index in [1.807, 2.05) is 30.3 Å². The molecule has 4 rings (SSSR count). The van der Waals surface area contributed by atoms with Crippen LogP contribution in [0.15, 0.2) is 85.2 Å². The molecule has 0 saturated carbocycles. The number of aliphatic carboxylic acids is 1. The van der Waals surface area contributed by atoms with Crippen molar-refractivity contribution in [3.63, 3.8) is 0 Å². The first-order valence-corrected chi connectivity index (χ1v) is 10.4. The van der Waals surface area contributed by atoms with Gasteiger partial charge in [-0.3, -0.25) is 19.7 Å². The van der Waals surface area contributed by atoms with E-state index in [1.165, 1.54) is 24.3 Å². The van der Waals surface area contributed by atoms with Crippen LogP contribution in [0.4, 0.5) is 11.4 Å². The second-order valence-electron chi connectivity index (χ2n) is 7.55. The molecule has 0 fully saturated rings. The summed E-state index contributed by atoms with van der Waals surface area (Å²) in [5.41, 5.74) is 3.14. The van der Waals surface area contributed by atoms with Gasteiger partial charge in [-0.2, -0.15) is 0 Å². The Morgan fingerprint density at radius 2 is 1.88 bits per heavy atom. The van der Waals surface area contributed by atoms with Gasteiger partial charge in [0.25, 0.3) is 5.69 Å². The highest BCUT2D eigenvalue weighted by Crippen LogP contribution is 2.28. The number of non-ortho nitro benzene ring substituents is 1. The van der Waals surface area contributed by atoms with Crippen LogP contribution in [0.5, 0.6) is 0 Å². The Labute approximate surface area is 194 Å². The fraction of sp³-hybridized carbons (Fsp3) is 0.0800. The molecule has 1 atom stereocenters. The van der Waals surface area contributed by atoms with Gasteiger partial charge in [-0.25, -0.2) is 4.98 Å². The van der Waals surface area contributed by atoms with Crippen molar-refractivity contribution in [2.24, 2.45) is 0 Å². The smallest absolute Gasteiger partial charge is 0.305 e. The number of nitrogens with zero attached hydrogens (tertiary/aromatic N) is 3. The average Bonchev–Trinajstić information content (AvgIpc) is 3.25. The summed E-state index contributed by atoms with van der Waals surface area (Å²) < 4.78 is 1.79. The van der Waals surface area contributed by atoms with E-state index >= 15 is 0 Å². The number of nitrogens with one attached hydrogen (secondary N) is 1. The summed E-state index contributed by atoms with van der Waals surface area (Å²) in [5.74, 6) is -1.35. The summed E-state index contributed by atoms with van der Waals surface area (Å²) in [6.07, 6.45) is 4.25. The number of benzene rings is 3. The highest BCUT2D eigenvalue weighted by atomic mass is 16.6. The van der Waals surface area contributed by atoms with Crippen LogP contribution in [0.3, 0.4) is 0 Å². The van der Waals surface area contributed by atoms with Gasteiger partial charge in [0.05, 0.1) is 34.7 Å². The number of anilines is 1. The molecule has 4 aromatic rings. The standard InChI is InChI=1S/C25H20N4O5/c30-24(12-9-17-5-4-8-20(13-17)29(33)34)27-19-10-11-21-23(14-19)28(16-26-21)22(15-25(31)32)18-6-2-1-3-7-18/h1-14,16,22H,15H2,(H,27,30)(H,31,32)/b12-9+. The molecule has 0 aliphatic heterocycles. The lowest BCUT2D eigenvalue weighted by Crippen LogP contribution is -2.14. The predicted octanol–water partition coefficient (Wildman–Crippen LogP) is 4.66. The molecule has 9 heteroatoms. The van der Waals surface area contributed by atoms with Crippen LogP contribution in [0.25, 0.3) is 17.1 Å². The van der Waals surface area contributed by atoms with Crippen LogP contribution in [-0.2, 0) is 9.59 Å². The van der Waals surface area contributed by atoms with E-state index in [0.29, 0.717) is 22.3 Å². The SMILES string of the molecule is O=C(O)CC(c1ccccc1)n1cnc2ccc(NC(=O)/C=C/c3cccc([N+](=O)[O-])c3)cc21. The zero-order chi connectivity index (χ0) is 24.1. The van der Waals surface area contributed by atoms with Crippen molar-refractivity contribution in [2.75, 3.05) is 5.32 Å². The number of nitro groups is 1. The Hall–Kier alpha value is -4.79. The lowest BCUT2D eigenvalue weighted by molar-refractivity contribution is -0.384. The highest BCUT2D eigenvalue weighted by molar-refractivity contribution is 6.02. The molecule has 34 heavy (non-hydrogen) atoms. The average molecular weight is 456 g/mol. The maximum Gasteiger partial charge on any atom is 0.305 e. The van der Waals surface area contributed by atoms with Crippen LogP contribution < -0.4 is 5.32 Å². The number of imidazole rings is 1. The summed E-state index contributed by atoms with van der Waals surface area (Å²) in [4.78, 5) is 38.8. The Morgan fingerprint density at radius 1 is 1.09 bits per heavy atom. The molecular formula is C25H20N4O5. The van der Waals surface area contributed by atoms with Gasteiger partial charge >= 0.3 is 5.97 Å². The zero-order valence-electron chi connectivity index (χ0n) is 17.9. The van der Waals surface area contributed by atoms with Crippen molar-refractivity contribution in [1.29, 1.82) is 0 Å². The zero-order valence-corrected chi connectivity index (χ0v) is 17.9. The van der Waals surface area contributed by atoms with Gasteiger partial charge in [0.2, 0.25) is 5.91 Å². The molecule has 9 nitrogen and oxygen atoms in total. The number of amides is 1. The van der Waals surface area contributed by atoms with Crippen LogP contribution in [0.2, 0.25) is 0 Å². The maximum atomic E-state index is 12.4. The maximum absolute atomic E-state index is 12.4. The molecule has 0 saturated heterocycles. The molecular weight excluding hydrogens is 436 g/mol. The van der Waals surface area contributed by atoms with Gasteiger partial charge in [-0.05, 0) is 35.4 Å². The molecule has 0 bridgehead atoms. The van der Waals surface area contributed by atoms with Crippen LogP contribution >= 0.6 is 0 Å². The first-order valence-electron chi connectivity index (χ1n) is 10.4. The quantitative estimate of drug-likeness (QED) is 0.225. The van der Waals surface area contributed by atoms with Crippen molar-refractivity contribution in [3.8, 4) is 0 Å². The van der Waals surface area contributed by atoms with Crippen molar-refractivity contribution < 1.29 is 19.6 Å². The number of carboxylic acid groups (broad SMARTS) is 1. The number of carbonyl (C=O) groups excluding carboxylic acids is 1. The molecule has 0 spiro atoms. The fourth-order valence-corrected chi connectivity index (χ4v) is 3.67. The van der Waals surface area contributed by atoms with E-state index in [1.54, 1.807) is 41.2 Å². The summed E-state index contributed by atoms with van der Waals surface area (Å²) in [6.45, 7) is 0. The largest absolute Gasteiger partial charge is 0.481 e. The van der Waals surface area contributed by atoms with Crippen molar-refractivity contribution >= 4 is 40.4 Å². The topological polar surface area (TPSA) is 127 Å². The fourth-order valence-electron chi connectivity index (χ4n) is 3.67. The van der Waals surface area contributed by atoms with Gasteiger partial charge in [-0.15, -0.1) is 0 Å². The molecule has 0 radical (unpaired) electrons. The molecule has 170 valence electrons. The van der Waals surface area contributed by atoms with Gasteiger partial charge in [0.1, 0.15) is 0 Å². The van der Waals surface area contributed by atoms with Crippen LogP contribution in [0.1, 0.15) is 23.6 Å². The molecule has 1 amide bonds. The van der Waals surface area contributed by atoms with E-state index in [9.17, 15) is 24.8 Å². The molecule has 3 aromatic carbocycles. The Morgan fingerprint density at radius 3 is 2.62 bits per heavy atom. The van der Waals surface area contributed by atoms with Crippen LogP contribution in [-0.4, -0.2) is 31.5 Å². The number of nitro benzene ring substituents is 1. The summed E-state index contributed by atoms with van der Waals surface area (Å²) >= 11 is 0. The normalized spacial score (nSPS) is 12.0. The van der Waals surface area contributed by atoms with Gasteiger partial charge in [-0.1, -0.05) is 42.5 Å². The summed E-state index contributed by atoms with van der Waals surface area (Å²) in [6, 6.07) is 20.0. The minimum Gasteiger partial charge on any atom is -0.481 e. The highest BCUT2D eigenvalue weighted by Gasteiger charge is 2.20. The third-order valence-electron chi connectivity index (χ3n) is 5.24. The minimum atomic E-state index is -0.938. The van der Waals surface area contributed by atoms with Gasteiger partial charge in [0.15, 0.2) is 0 Å². The molecule has 0 aliphatic rings.